The highest BCUT2D eigenvalue weighted by atomic mass is 35.5. The molecule has 0 radical (unpaired) electrons. The summed E-state index contributed by atoms with van der Waals surface area (Å²) in [7, 11) is 0. The Morgan fingerprint density at radius 2 is 1.71 bits per heavy atom. The standard InChI is InChI=1S/C21H13Cl3N2OS/c22-13-7-5-12(6-8-13)9-20(27)25-18-10-14(15(23)11-16(18)24)21-26-17-3-1-2-4-19(17)28-21/h1-8,10-11H,9H2,(H,25,27). The van der Waals surface area contributed by atoms with Crippen LogP contribution in [0.3, 0.4) is 0 Å². The Hall–Kier alpha value is -2.11. The summed E-state index contributed by atoms with van der Waals surface area (Å²) in [5.74, 6) is -0.179. The Labute approximate surface area is 180 Å². The van der Waals surface area contributed by atoms with Crippen LogP contribution >= 0.6 is 46.1 Å². The van der Waals surface area contributed by atoms with E-state index in [1.807, 2.05) is 36.4 Å². The van der Waals surface area contributed by atoms with Gasteiger partial charge < -0.3 is 5.32 Å². The Morgan fingerprint density at radius 1 is 0.964 bits per heavy atom. The fourth-order valence-corrected chi connectivity index (χ4v) is 4.48. The number of carbonyl (C=O) groups excluding carboxylic acids is 1. The van der Waals surface area contributed by atoms with Gasteiger partial charge in [0.1, 0.15) is 5.01 Å². The minimum atomic E-state index is -0.179. The highest BCUT2D eigenvalue weighted by Gasteiger charge is 2.15. The number of carbonyl (C=O) groups is 1. The van der Waals surface area contributed by atoms with Crippen LogP contribution in [0.2, 0.25) is 15.1 Å². The van der Waals surface area contributed by atoms with Crippen molar-refractivity contribution in [1.82, 2.24) is 4.98 Å². The number of amides is 1. The fraction of sp³-hybridized carbons (Fsp3) is 0.0476. The molecule has 0 saturated carbocycles. The molecule has 1 amide bonds. The van der Waals surface area contributed by atoms with Crippen LogP contribution in [-0.4, -0.2) is 10.9 Å². The maximum absolute atomic E-state index is 12.4. The molecule has 0 aliphatic carbocycles. The third-order valence-electron chi connectivity index (χ3n) is 4.13. The molecule has 0 spiro atoms. The molecule has 0 aliphatic rings. The van der Waals surface area contributed by atoms with Crippen LogP contribution in [0.1, 0.15) is 5.56 Å². The molecule has 4 aromatic rings. The topological polar surface area (TPSA) is 42.0 Å². The van der Waals surface area contributed by atoms with Gasteiger partial charge in [-0.15, -0.1) is 11.3 Å². The first kappa shape index (κ1) is 19.2. The summed E-state index contributed by atoms with van der Waals surface area (Å²) in [4.78, 5) is 17.1. The average molecular weight is 448 g/mol. The van der Waals surface area contributed by atoms with Gasteiger partial charge in [0.15, 0.2) is 0 Å². The Morgan fingerprint density at radius 3 is 2.46 bits per heavy atom. The molecule has 3 nitrogen and oxygen atoms in total. The summed E-state index contributed by atoms with van der Waals surface area (Å²) in [6, 6.07) is 18.4. The van der Waals surface area contributed by atoms with Crippen LogP contribution < -0.4 is 5.32 Å². The molecule has 7 heteroatoms. The number of halogens is 3. The van der Waals surface area contributed by atoms with Crippen molar-refractivity contribution in [2.24, 2.45) is 0 Å². The Balaban J connectivity index is 1.61. The van der Waals surface area contributed by atoms with E-state index in [-0.39, 0.29) is 12.3 Å². The molecular formula is C21H13Cl3N2OS. The van der Waals surface area contributed by atoms with E-state index in [4.69, 9.17) is 34.8 Å². The summed E-state index contributed by atoms with van der Waals surface area (Å²) in [5.41, 5.74) is 2.99. The number of hydrogen-bond acceptors (Lipinski definition) is 3. The molecule has 0 bridgehead atoms. The van der Waals surface area contributed by atoms with Crippen LogP contribution in [0, 0.1) is 0 Å². The summed E-state index contributed by atoms with van der Waals surface area (Å²) < 4.78 is 1.07. The van der Waals surface area contributed by atoms with Crippen molar-refractivity contribution in [3.63, 3.8) is 0 Å². The normalized spacial score (nSPS) is 11.0. The van der Waals surface area contributed by atoms with E-state index in [1.165, 1.54) is 11.3 Å². The Bertz CT molecular complexity index is 1140. The van der Waals surface area contributed by atoms with E-state index < -0.39 is 0 Å². The van der Waals surface area contributed by atoms with E-state index in [0.29, 0.717) is 20.8 Å². The van der Waals surface area contributed by atoms with Gasteiger partial charge in [-0.3, -0.25) is 4.79 Å². The lowest BCUT2D eigenvalue weighted by Crippen LogP contribution is -2.14. The predicted octanol–water partition coefficient (Wildman–Crippen LogP) is 7.10. The summed E-state index contributed by atoms with van der Waals surface area (Å²) in [6.45, 7) is 0. The van der Waals surface area contributed by atoms with Gasteiger partial charge in [-0.2, -0.15) is 0 Å². The first-order chi connectivity index (χ1) is 13.5. The van der Waals surface area contributed by atoms with Crippen molar-refractivity contribution in [2.45, 2.75) is 6.42 Å². The van der Waals surface area contributed by atoms with E-state index in [9.17, 15) is 4.79 Å². The molecule has 1 aromatic heterocycles. The second-order valence-electron chi connectivity index (χ2n) is 6.15. The lowest BCUT2D eigenvalue weighted by molar-refractivity contribution is -0.115. The number of thiazole rings is 1. The second kappa shape index (κ2) is 8.10. The fourth-order valence-electron chi connectivity index (χ4n) is 2.78. The highest BCUT2D eigenvalue weighted by Crippen LogP contribution is 2.38. The van der Waals surface area contributed by atoms with Crippen LogP contribution in [0.25, 0.3) is 20.8 Å². The maximum Gasteiger partial charge on any atom is 0.228 e. The van der Waals surface area contributed by atoms with Gasteiger partial charge in [0.05, 0.1) is 32.4 Å². The lowest BCUT2D eigenvalue weighted by Gasteiger charge is -2.10. The van der Waals surface area contributed by atoms with Gasteiger partial charge in [0.25, 0.3) is 0 Å². The molecule has 0 unspecified atom stereocenters. The van der Waals surface area contributed by atoms with Gasteiger partial charge in [0.2, 0.25) is 5.91 Å². The van der Waals surface area contributed by atoms with Crippen molar-refractivity contribution in [2.75, 3.05) is 5.32 Å². The minimum Gasteiger partial charge on any atom is -0.324 e. The maximum atomic E-state index is 12.4. The molecule has 0 atom stereocenters. The zero-order valence-electron chi connectivity index (χ0n) is 14.4. The smallest absolute Gasteiger partial charge is 0.228 e. The van der Waals surface area contributed by atoms with Crippen LogP contribution in [-0.2, 0) is 11.2 Å². The number of anilines is 1. The van der Waals surface area contributed by atoms with E-state index in [0.717, 1.165) is 26.4 Å². The van der Waals surface area contributed by atoms with Gasteiger partial charge in [-0.05, 0) is 42.0 Å². The van der Waals surface area contributed by atoms with Crippen molar-refractivity contribution in [3.8, 4) is 10.6 Å². The van der Waals surface area contributed by atoms with E-state index >= 15 is 0 Å². The van der Waals surface area contributed by atoms with Crippen LogP contribution in [0.5, 0.6) is 0 Å². The third kappa shape index (κ3) is 4.15. The first-order valence-electron chi connectivity index (χ1n) is 8.39. The Kier molecular flexibility index (Phi) is 5.56. The largest absolute Gasteiger partial charge is 0.324 e. The number of rotatable bonds is 4. The van der Waals surface area contributed by atoms with Crippen LogP contribution in [0.15, 0.2) is 60.7 Å². The van der Waals surface area contributed by atoms with Crippen molar-refractivity contribution in [3.05, 3.63) is 81.3 Å². The number of nitrogens with zero attached hydrogens (tertiary/aromatic N) is 1. The molecular weight excluding hydrogens is 435 g/mol. The van der Waals surface area contributed by atoms with E-state index in [1.54, 1.807) is 24.3 Å². The molecule has 0 fully saturated rings. The summed E-state index contributed by atoms with van der Waals surface area (Å²) >= 11 is 20.1. The number of fused-ring (bicyclic) bond motifs is 1. The number of para-hydroxylation sites is 1. The molecule has 140 valence electrons. The van der Waals surface area contributed by atoms with E-state index in [2.05, 4.69) is 10.3 Å². The number of benzene rings is 3. The van der Waals surface area contributed by atoms with Gasteiger partial charge in [-0.1, -0.05) is 59.1 Å². The minimum absolute atomic E-state index is 0.179. The molecule has 28 heavy (non-hydrogen) atoms. The number of hydrogen-bond donors (Lipinski definition) is 1. The average Bonchev–Trinajstić information content (AvgIpc) is 3.09. The molecule has 1 heterocycles. The lowest BCUT2D eigenvalue weighted by atomic mass is 10.1. The summed E-state index contributed by atoms with van der Waals surface area (Å²) in [6.07, 6.45) is 0.215. The number of aromatic nitrogens is 1. The zero-order valence-corrected chi connectivity index (χ0v) is 17.5. The molecule has 0 aliphatic heterocycles. The number of nitrogens with one attached hydrogen (secondary N) is 1. The van der Waals surface area contributed by atoms with Gasteiger partial charge in [-0.25, -0.2) is 4.98 Å². The molecule has 1 N–H and O–H groups in total. The quantitative estimate of drug-likeness (QED) is 0.362. The molecule has 3 aromatic carbocycles. The first-order valence-corrected chi connectivity index (χ1v) is 10.3. The molecule has 0 saturated heterocycles. The summed E-state index contributed by atoms with van der Waals surface area (Å²) in [5, 5.41) is 5.12. The van der Waals surface area contributed by atoms with Crippen molar-refractivity contribution in [1.29, 1.82) is 0 Å². The zero-order chi connectivity index (χ0) is 19.7. The molecule has 4 rings (SSSR count). The van der Waals surface area contributed by atoms with Crippen molar-refractivity contribution < 1.29 is 4.79 Å². The highest BCUT2D eigenvalue weighted by molar-refractivity contribution is 7.21. The van der Waals surface area contributed by atoms with Gasteiger partial charge in [0, 0.05) is 10.6 Å². The van der Waals surface area contributed by atoms with Gasteiger partial charge >= 0.3 is 0 Å². The predicted molar refractivity (Wildman–Crippen MR) is 119 cm³/mol. The SMILES string of the molecule is O=C(Cc1ccc(Cl)cc1)Nc1cc(-c2nc3ccccc3s2)c(Cl)cc1Cl. The third-order valence-corrected chi connectivity index (χ3v) is 6.08. The van der Waals surface area contributed by atoms with Crippen molar-refractivity contribution >= 4 is 68.0 Å². The second-order valence-corrected chi connectivity index (χ2v) is 8.43. The monoisotopic (exact) mass is 446 g/mol. The van der Waals surface area contributed by atoms with Crippen LogP contribution in [0.4, 0.5) is 5.69 Å².